The summed E-state index contributed by atoms with van der Waals surface area (Å²) in [6, 6.07) is 5.72. The van der Waals surface area contributed by atoms with Gasteiger partial charge in [-0.3, -0.25) is 15.1 Å². The lowest BCUT2D eigenvalue weighted by molar-refractivity contribution is 0.102. The van der Waals surface area contributed by atoms with Crippen molar-refractivity contribution in [1.82, 2.24) is 9.97 Å². The van der Waals surface area contributed by atoms with Gasteiger partial charge >= 0.3 is 0 Å². The van der Waals surface area contributed by atoms with Crippen LogP contribution in [0.4, 0.5) is 5.13 Å². The van der Waals surface area contributed by atoms with Crippen LogP contribution in [0.5, 0.6) is 0 Å². The number of amides is 1. The smallest absolute Gasteiger partial charge is 0.260 e. The second-order valence-electron chi connectivity index (χ2n) is 4.76. The first-order chi connectivity index (χ1) is 10.0. The van der Waals surface area contributed by atoms with Gasteiger partial charge in [0, 0.05) is 12.4 Å². The van der Waals surface area contributed by atoms with Crippen LogP contribution in [-0.2, 0) is 0 Å². The predicted octanol–water partition coefficient (Wildman–Crippen LogP) is 4.21. The fourth-order valence-electron chi connectivity index (χ4n) is 2.13. The molecule has 0 unspecified atom stereocenters. The first-order valence-electron chi connectivity index (χ1n) is 6.33. The lowest BCUT2D eigenvalue weighted by Crippen LogP contribution is -2.12. The van der Waals surface area contributed by atoms with Gasteiger partial charge in [0.05, 0.1) is 20.8 Å². The van der Waals surface area contributed by atoms with Crippen molar-refractivity contribution in [3.63, 3.8) is 0 Å². The van der Waals surface area contributed by atoms with Crippen LogP contribution in [0.25, 0.3) is 10.2 Å². The highest BCUT2D eigenvalue weighted by atomic mass is 35.5. The van der Waals surface area contributed by atoms with Crippen molar-refractivity contribution in [2.24, 2.45) is 0 Å². The summed E-state index contributed by atoms with van der Waals surface area (Å²) in [7, 11) is 0. The summed E-state index contributed by atoms with van der Waals surface area (Å²) in [4.78, 5) is 20.6. The number of carbonyl (C=O) groups is 1. The molecule has 0 saturated carbocycles. The first kappa shape index (κ1) is 14.0. The molecule has 106 valence electrons. The maximum atomic E-state index is 12.2. The van der Waals surface area contributed by atoms with Crippen molar-refractivity contribution in [3.8, 4) is 0 Å². The van der Waals surface area contributed by atoms with Crippen LogP contribution in [0.3, 0.4) is 0 Å². The number of thiazole rings is 1. The lowest BCUT2D eigenvalue weighted by atomic mass is 10.1. The van der Waals surface area contributed by atoms with Crippen molar-refractivity contribution in [1.29, 1.82) is 0 Å². The van der Waals surface area contributed by atoms with E-state index in [4.69, 9.17) is 11.6 Å². The SMILES string of the molecule is Cc1cc(C)c2nc(NC(=O)c3cnccc3Cl)sc2c1. The molecule has 0 spiro atoms. The average molecular weight is 318 g/mol. The number of hydrogen-bond donors (Lipinski definition) is 1. The molecule has 0 saturated heterocycles. The third kappa shape index (κ3) is 2.75. The predicted molar refractivity (Wildman–Crippen MR) is 86.3 cm³/mol. The number of aryl methyl sites for hydroxylation is 2. The van der Waals surface area contributed by atoms with Crippen LogP contribution in [0.2, 0.25) is 5.02 Å². The maximum absolute atomic E-state index is 12.2. The van der Waals surface area contributed by atoms with E-state index >= 15 is 0 Å². The Morgan fingerprint density at radius 2 is 2.14 bits per heavy atom. The molecule has 1 amide bonds. The second kappa shape index (κ2) is 5.42. The van der Waals surface area contributed by atoms with Gasteiger partial charge in [-0.05, 0) is 37.1 Å². The Balaban J connectivity index is 1.94. The molecule has 2 heterocycles. The fourth-order valence-corrected chi connectivity index (χ4v) is 3.36. The molecule has 0 radical (unpaired) electrons. The number of pyridine rings is 1. The molecule has 3 rings (SSSR count). The van der Waals surface area contributed by atoms with Crippen molar-refractivity contribution in [3.05, 3.63) is 52.3 Å². The van der Waals surface area contributed by atoms with E-state index in [0.29, 0.717) is 15.7 Å². The number of halogens is 1. The second-order valence-corrected chi connectivity index (χ2v) is 6.20. The highest BCUT2D eigenvalue weighted by molar-refractivity contribution is 7.22. The lowest BCUT2D eigenvalue weighted by Gasteiger charge is -2.02. The maximum Gasteiger partial charge on any atom is 0.260 e. The molecule has 2 aromatic heterocycles. The minimum atomic E-state index is -0.304. The van der Waals surface area contributed by atoms with Gasteiger partial charge in [-0.2, -0.15) is 0 Å². The van der Waals surface area contributed by atoms with E-state index in [1.807, 2.05) is 13.8 Å². The number of hydrogen-bond acceptors (Lipinski definition) is 4. The van der Waals surface area contributed by atoms with E-state index in [-0.39, 0.29) is 5.91 Å². The molecular weight excluding hydrogens is 306 g/mol. The molecule has 0 atom stereocenters. The van der Waals surface area contributed by atoms with Gasteiger partial charge in [0.15, 0.2) is 5.13 Å². The summed E-state index contributed by atoms with van der Waals surface area (Å²) in [6.07, 6.45) is 2.99. The van der Waals surface area contributed by atoms with E-state index in [2.05, 4.69) is 27.4 Å². The van der Waals surface area contributed by atoms with Crippen molar-refractivity contribution in [2.45, 2.75) is 13.8 Å². The molecule has 0 fully saturated rings. The number of rotatable bonds is 2. The number of carbonyl (C=O) groups excluding carboxylic acids is 1. The Bertz CT molecular complexity index is 844. The number of fused-ring (bicyclic) bond motifs is 1. The first-order valence-corrected chi connectivity index (χ1v) is 7.52. The van der Waals surface area contributed by atoms with Gasteiger partial charge in [-0.25, -0.2) is 4.98 Å². The van der Waals surface area contributed by atoms with Gasteiger partial charge < -0.3 is 0 Å². The largest absolute Gasteiger partial charge is 0.298 e. The van der Waals surface area contributed by atoms with E-state index in [1.165, 1.54) is 23.1 Å². The molecule has 1 N–H and O–H groups in total. The van der Waals surface area contributed by atoms with Crippen molar-refractivity contribution >= 4 is 44.2 Å². The molecule has 0 bridgehead atoms. The van der Waals surface area contributed by atoms with Crippen LogP contribution in [0.1, 0.15) is 21.5 Å². The zero-order chi connectivity index (χ0) is 15.0. The molecule has 4 nitrogen and oxygen atoms in total. The van der Waals surface area contributed by atoms with E-state index in [0.717, 1.165) is 15.8 Å². The number of aromatic nitrogens is 2. The number of nitrogens with one attached hydrogen (secondary N) is 1. The fraction of sp³-hybridized carbons (Fsp3) is 0.133. The summed E-state index contributed by atoms with van der Waals surface area (Å²) >= 11 is 7.44. The van der Waals surface area contributed by atoms with Crippen LogP contribution >= 0.6 is 22.9 Å². The zero-order valence-corrected chi connectivity index (χ0v) is 13.0. The van der Waals surface area contributed by atoms with E-state index in [1.54, 1.807) is 12.3 Å². The summed E-state index contributed by atoms with van der Waals surface area (Å²) in [5.41, 5.74) is 3.53. The van der Waals surface area contributed by atoms with Crippen LogP contribution in [0, 0.1) is 13.8 Å². The van der Waals surface area contributed by atoms with Crippen LogP contribution in [-0.4, -0.2) is 15.9 Å². The summed E-state index contributed by atoms with van der Waals surface area (Å²) in [6.45, 7) is 4.05. The third-order valence-electron chi connectivity index (χ3n) is 3.06. The quantitative estimate of drug-likeness (QED) is 0.770. The van der Waals surface area contributed by atoms with Crippen LogP contribution < -0.4 is 5.32 Å². The molecule has 6 heteroatoms. The average Bonchev–Trinajstić information content (AvgIpc) is 2.81. The highest BCUT2D eigenvalue weighted by Gasteiger charge is 2.14. The summed E-state index contributed by atoms with van der Waals surface area (Å²) in [5, 5.41) is 3.71. The topological polar surface area (TPSA) is 54.9 Å². The Kier molecular flexibility index (Phi) is 3.61. The molecule has 0 aliphatic rings. The molecule has 1 aromatic carbocycles. The minimum Gasteiger partial charge on any atom is -0.298 e. The zero-order valence-electron chi connectivity index (χ0n) is 11.5. The van der Waals surface area contributed by atoms with Crippen LogP contribution in [0.15, 0.2) is 30.6 Å². The van der Waals surface area contributed by atoms with Gasteiger partial charge in [-0.15, -0.1) is 0 Å². The van der Waals surface area contributed by atoms with Gasteiger partial charge in [0.1, 0.15) is 0 Å². The van der Waals surface area contributed by atoms with E-state index < -0.39 is 0 Å². The number of benzene rings is 1. The Morgan fingerprint density at radius 1 is 1.33 bits per heavy atom. The monoisotopic (exact) mass is 317 g/mol. The standard InChI is InChI=1S/C15H12ClN3OS/c1-8-5-9(2)13-12(6-8)21-15(18-13)19-14(20)10-7-17-4-3-11(10)16/h3-7H,1-2H3,(H,18,19,20). The Morgan fingerprint density at radius 3 is 2.90 bits per heavy atom. The molecule has 0 aliphatic carbocycles. The highest BCUT2D eigenvalue weighted by Crippen LogP contribution is 2.29. The van der Waals surface area contributed by atoms with Gasteiger partial charge in [0.2, 0.25) is 0 Å². The van der Waals surface area contributed by atoms with Crippen molar-refractivity contribution < 1.29 is 4.79 Å². The normalized spacial score (nSPS) is 10.8. The molecule has 21 heavy (non-hydrogen) atoms. The molecule has 0 aliphatic heterocycles. The molecular formula is C15H12ClN3OS. The minimum absolute atomic E-state index is 0.304. The summed E-state index contributed by atoms with van der Waals surface area (Å²) in [5.74, 6) is -0.304. The summed E-state index contributed by atoms with van der Waals surface area (Å²) < 4.78 is 1.06. The Hall–Kier alpha value is -1.98. The number of nitrogens with zero attached hydrogens (tertiary/aromatic N) is 2. The molecule has 3 aromatic rings. The van der Waals surface area contributed by atoms with E-state index in [9.17, 15) is 4.79 Å². The Labute approximate surface area is 130 Å². The van der Waals surface area contributed by atoms with Gasteiger partial charge in [0.25, 0.3) is 5.91 Å². The van der Waals surface area contributed by atoms with Crippen molar-refractivity contribution in [2.75, 3.05) is 5.32 Å². The van der Waals surface area contributed by atoms with Gasteiger partial charge in [-0.1, -0.05) is 29.0 Å². The number of anilines is 1. The third-order valence-corrected chi connectivity index (χ3v) is 4.31.